The molecule has 3 atom stereocenters. The Hall–Kier alpha value is -2.50. The first-order chi connectivity index (χ1) is 14.8. The number of carboxylic acid groups (broad SMARTS) is 1. The SMILES string of the molecule is Cc1cc(F)ccc1C(=O)Nc1csc([C@]23CO[C@@H](C)C[C@H]2CSC(N)=N3)n1.O=CO. The van der Waals surface area contributed by atoms with E-state index >= 15 is 0 Å². The highest BCUT2D eigenvalue weighted by molar-refractivity contribution is 8.13. The van der Waals surface area contributed by atoms with Gasteiger partial charge in [-0.05, 0) is 44.0 Å². The lowest BCUT2D eigenvalue weighted by Gasteiger charge is -2.44. The molecule has 1 aromatic heterocycles. The fourth-order valence-electron chi connectivity index (χ4n) is 3.67. The molecule has 4 rings (SSSR count). The fourth-order valence-corrected chi connectivity index (χ4v) is 5.65. The Balaban J connectivity index is 0.000000858. The minimum atomic E-state index is -0.596. The number of hydrogen-bond acceptors (Lipinski definition) is 8. The Kier molecular flexibility index (Phi) is 7.29. The second-order valence-electron chi connectivity index (χ2n) is 7.30. The Labute approximate surface area is 187 Å². The molecule has 0 radical (unpaired) electrons. The van der Waals surface area contributed by atoms with Gasteiger partial charge in [-0.3, -0.25) is 9.59 Å². The van der Waals surface area contributed by atoms with Gasteiger partial charge < -0.3 is 20.9 Å². The quantitative estimate of drug-likeness (QED) is 0.593. The average molecular weight is 467 g/mol. The number of amidine groups is 1. The van der Waals surface area contributed by atoms with Crippen molar-refractivity contribution in [3.8, 4) is 0 Å². The number of benzene rings is 1. The normalized spacial score (nSPS) is 24.8. The number of thiazole rings is 1. The van der Waals surface area contributed by atoms with Gasteiger partial charge in [0.05, 0.1) is 12.7 Å². The molecule has 0 aliphatic carbocycles. The molecule has 1 aromatic carbocycles. The Bertz CT molecular complexity index is 999. The number of aryl methyl sites for hydroxylation is 1. The lowest BCUT2D eigenvalue weighted by molar-refractivity contribution is -0.122. The molecule has 1 fully saturated rings. The van der Waals surface area contributed by atoms with E-state index < -0.39 is 5.54 Å². The highest BCUT2D eigenvalue weighted by Crippen LogP contribution is 2.47. The van der Waals surface area contributed by atoms with Crippen molar-refractivity contribution in [3.05, 3.63) is 45.5 Å². The van der Waals surface area contributed by atoms with Crippen LogP contribution in [0.1, 0.15) is 34.3 Å². The van der Waals surface area contributed by atoms with Crippen molar-refractivity contribution in [1.82, 2.24) is 4.98 Å². The van der Waals surface area contributed by atoms with Crippen molar-refractivity contribution < 1.29 is 23.8 Å². The van der Waals surface area contributed by atoms with E-state index in [0.717, 1.165) is 17.2 Å². The lowest BCUT2D eigenvalue weighted by atomic mass is 9.80. The van der Waals surface area contributed by atoms with E-state index in [1.165, 1.54) is 29.5 Å². The van der Waals surface area contributed by atoms with Gasteiger partial charge in [0.15, 0.2) is 5.17 Å². The van der Waals surface area contributed by atoms with Crippen molar-refractivity contribution in [1.29, 1.82) is 0 Å². The second-order valence-corrected chi connectivity index (χ2v) is 9.19. The van der Waals surface area contributed by atoms with Crippen LogP contribution in [-0.2, 0) is 15.1 Å². The summed E-state index contributed by atoms with van der Waals surface area (Å²) in [7, 11) is 0. The van der Waals surface area contributed by atoms with E-state index in [9.17, 15) is 9.18 Å². The molecule has 1 amide bonds. The molecule has 3 heterocycles. The molecule has 4 N–H and O–H groups in total. The molecular weight excluding hydrogens is 443 g/mol. The number of nitrogens with one attached hydrogen (secondary N) is 1. The van der Waals surface area contributed by atoms with Crippen LogP contribution in [-0.4, -0.2) is 46.1 Å². The summed E-state index contributed by atoms with van der Waals surface area (Å²) in [6, 6.07) is 4.08. The molecule has 0 unspecified atom stereocenters. The van der Waals surface area contributed by atoms with Crippen LogP contribution in [0.3, 0.4) is 0 Å². The summed E-state index contributed by atoms with van der Waals surface area (Å²) >= 11 is 3.01. The predicted octanol–water partition coefficient (Wildman–Crippen LogP) is 3.23. The monoisotopic (exact) mass is 466 g/mol. The number of aromatic nitrogens is 1. The Morgan fingerprint density at radius 1 is 1.48 bits per heavy atom. The van der Waals surface area contributed by atoms with Gasteiger partial charge in [-0.2, -0.15) is 0 Å². The fraction of sp³-hybridized carbons (Fsp3) is 0.400. The van der Waals surface area contributed by atoms with E-state index in [1.807, 2.05) is 0 Å². The minimum Gasteiger partial charge on any atom is -0.483 e. The van der Waals surface area contributed by atoms with Crippen molar-refractivity contribution in [2.24, 2.45) is 16.6 Å². The number of halogens is 1. The number of amides is 1. The maximum atomic E-state index is 13.3. The highest BCUT2D eigenvalue weighted by atomic mass is 32.2. The summed E-state index contributed by atoms with van der Waals surface area (Å²) in [5.41, 5.74) is 6.42. The van der Waals surface area contributed by atoms with Gasteiger partial charge in [-0.15, -0.1) is 11.3 Å². The summed E-state index contributed by atoms with van der Waals surface area (Å²) in [6.07, 6.45) is 1.06. The molecule has 166 valence electrons. The van der Waals surface area contributed by atoms with Gasteiger partial charge in [0.1, 0.15) is 22.2 Å². The summed E-state index contributed by atoms with van der Waals surface area (Å²) in [4.78, 5) is 30.3. The number of nitrogens with zero attached hydrogens (tertiary/aromatic N) is 2. The zero-order chi connectivity index (χ0) is 22.6. The zero-order valence-corrected chi connectivity index (χ0v) is 18.6. The van der Waals surface area contributed by atoms with Crippen LogP contribution >= 0.6 is 23.1 Å². The number of thioether (sulfide) groups is 1. The third-order valence-electron chi connectivity index (χ3n) is 5.17. The van der Waals surface area contributed by atoms with Gasteiger partial charge >= 0.3 is 0 Å². The first kappa shape index (κ1) is 23.2. The van der Waals surface area contributed by atoms with Crippen LogP contribution in [0.15, 0.2) is 28.6 Å². The van der Waals surface area contributed by atoms with Crippen LogP contribution in [0, 0.1) is 18.7 Å². The van der Waals surface area contributed by atoms with Crippen LogP contribution in [0.4, 0.5) is 10.2 Å². The predicted molar refractivity (Wildman–Crippen MR) is 119 cm³/mol. The van der Waals surface area contributed by atoms with E-state index in [4.69, 9.17) is 25.4 Å². The van der Waals surface area contributed by atoms with E-state index in [1.54, 1.807) is 24.1 Å². The molecule has 0 bridgehead atoms. The number of aliphatic imine (C=N–C) groups is 1. The van der Waals surface area contributed by atoms with E-state index in [2.05, 4.69) is 17.2 Å². The number of carbonyl (C=O) groups is 2. The van der Waals surface area contributed by atoms with Crippen molar-refractivity contribution in [2.75, 3.05) is 17.7 Å². The number of carbonyl (C=O) groups excluding carboxylic acids is 1. The van der Waals surface area contributed by atoms with Gasteiger partial charge in [-0.25, -0.2) is 14.4 Å². The zero-order valence-electron chi connectivity index (χ0n) is 17.0. The van der Waals surface area contributed by atoms with Crippen molar-refractivity contribution >= 4 is 46.5 Å². The summed E-state index contributed by atoms with van der Waals surface area (Å²) in [6.45, 7) is 3.94. The van der Waals surface area contributed by atoms with Crippen molar-refractivity contribution in [3.63, 3.8) is 0 Å². The van der Waals surface area contributed by atoms with Crippen LogP contribution in [0.2, 0.25) is 0 Å². The number of fused-ring (bicyclic) bond motifs is 1. The standard InChI is InChI=1S/C19H21FN4O2S2.CH2O2/c1-10-5-13(20)3-4-14(10)16(25)22-15-8-27-17(23-15)19-9-26-11(2)6-12(19)7-28-18(21)24-19;2-1-3/h3-5,8,11-12H,6-7,9H2,1-2H3,(H2,21,24)(H,22,25);1H,(H,2,3)/t11-,12-,19-;/m0./s1. The molecule has 8 nitrogen and oxygen atoms in total. The topological polar surface area (TPSA) is 127 Å². The third-order valence-corrected chi connectivity index (χ3v) is 7.14. The molecule has 2 aliphatic rings. The van der Waals surface area contributed by atoms with Crippen molar-refractivity contribution in [2.45, 2.75) is 31.9 Å². The number of ether oxygens (including phenoxy) is 1. The third kappa shape index (κ3) is 5.05. The van der Waals surface area contributed by atoms with Crippen LogP contribution in [0.5, 0.6) is 0 Å². The van der Waals surface area contributed by atoms with Crippen LogP contribution < -0.4 is 11.1 Å². The minimum absolute atomic E-state index is 0.175. The number of hydrogen-bond donors (Lipinski definition) is 3. The molecular formula is C20H23FN4O4S2. The molecule has 0 spiro atoms. The maximum absolute atomic E-state index is 13.3. The number of nitrogens with two attached hydrogens (primary N) is 1. The van der Waals surface area contributed by atoms with Gasteiger partial charge in [0.2, 0.25) is 0 Å². The summed E-state index contributed by atoms with van der Waals surface area (Å²) in [5.74, 6) is 0.917. The summed E-state index contributed by atoms with van der Waals surface area (Å²) < 4.78 is 19.2. The Morgan fingerprint density at radius 3 is 2.94 bits per heavy atom. The Morgan fingerprint density at radius 2 is 2.23 bits per heavy atom. The molecule has 2 aliphatic heterocycles. The smallest absolute Gasteiger partial charge is 0.290 e. The second kappa shape index (κ2) is 9.75. The largest absolute Gasteiger partial charge is 0.483 e. The molecule has 2 aromatic rings. The molecule has 1 saturated heterocycles. The number of rotatable bonds is 3. The van der Waals surface area contributed by atoms with E-state index in [0.29, 0.717) is 28.7 Å². The molecule has 11 heteroatoms. The van der Waals surface area contributed by atoms with Crippen LogP contribution in [0.25, 0.3) is 0 Å². The lowest BCUT2D eigenvalue weighted by Crippen LogP contribution is -2.49. The number of anilines is 1. The summed E-state index contributed by atoms with van der Waals surface area (Å²) in [5, 5.41) is 12.8. The van der Waals surface area contributed by atoms with Gasteiger partial charge in [0.25, 0.3) is 12.4 Å². The highest BCUT2D eigenvalue weighted by Gasteiger charge is 2.49. The van der Waals surface area contributed by atoms with Gasteiger partial charge in [0, 0.05) is 22.6 Å². The first-order valence-corrected chi connectivity index (χ1v) is 11.4. The maximum Gasteiger partial charge on any atom is 0.290 e. The molecule has 31 heavy (non-hydrogen) atoms. The first-order valence-electron chi connectivity index (χ1n) is 9.50. The van der Waals surface area contributed by atoms with Gasteiger partial charge in [-0.1, -0.05) is 11.8 Å². The molecule has 0 saturated carbocycles. The van der Waals surface area contributed by atoms with E-state index in [-0.39, 0.29) is 30.2 Å². The average Bonchev–Trinajstić information content (AvgIpc) is 3.18.